The second-order valence-electron chi connectivity index (χ2n) is 7.48. The zero-order valence-electron chi connectivity index (χ0n) is 17.2. The summed E-state index contributed by atoms with van der Waals surface area (Å²) in [5.41, 5.74) is 11.0. The van der Waals surface area contributed by atoms with Crippen LogP contribution in [0.2, 0.25) is 0 Å². The fourth-order valence-electron chi connectivity index (χ4n) is 3.46. The smallest absolute Gasteiger partial charge is 0.247 e. The number of fused-ring (bicyclic) bond motifs is 1. The number of aliphatic hydroxyl groups is 3. The largest absolute Gasteiger partial charge is 0.394 e. The summed E-state index contributed by atoms with van der Waals surface area (Å²) >= 11 is 0. The summed E-state index contributed by atoms with van der Waals surface area (Å²) in [5.74, 6) is 0.272. The first-order valence-corrected chi connectivity index (χ1v) is 9.87. The maximum absolute atomic E-state index is 11.2. The molecule has 1 aliphatic rings. The van der Waals surface area contributed by atoms with Gasteiger partial charge < -0.3 is 25.8 Å². The van der Waals surface area contributed by atoms with Crippen molar-refractivity contribution >= 4 is 34.9 Å². The number of hydrogen-bond donors (Lipinski definition) is 5. The Hall–Kier alpha value is -3.45. The first-order valence-electron chi connectivity index (χ1n) is 9.87. The quantitative estimate of drug-likeness (QED) is 0.239. The number of ketones is 1. The van der Waals surface area contributed by atoms with Crippen molar-refractivity contribution in [3.05, 3.63) is 41.7 Å². The molecule has 168 valence electrons. The molecule has 0 saturated carbocycles. The number of nitrogens with two attached hydrogens (primary N) is 1. The van der Waals surface area contributed by atoms with Gasteiger partial charge in [-0.1, -0.05) is 24.3 Å². The lowest BCUT2D eigenvalue weighted by Gasteiger charge is -2.16. The van der Waals surface area contributed by atoms with Crippen LogP contribution in [0.5, 0.6) is 0 Å². The second kappa shape index (κ2) is 8.96. The van der Waals surface area contributed by atoms with Gasteiger partial charge in [0.2, 0.25) is 5.95 Å². The van der Waals surface area contributed by atoms with E-state index in [1.54, 1.807) is 13.1 Å². The lowest BCUT2D eigenvalue weighted by molar-refractivity contribution is -0.116. The molecular weight excluding hydrogens is 418 g/mol. The Labute approximate surface area is 182 Å². The fourth-order valence-corrected chi connectivity index (χ4v) is 3.46. The molecule has 4 rings (SSSR count). The Balaban J connectivity index is 1.53. The summed E-state index contributed by atoms with van der Waals surface area (Å²) in [5, 5.41) is 33.7. The molecule has 1 saturated heterocycles. The van der Waals surface area contributed by atoms with Crippen molar-refractivity contribution < 1.29 is 24.9 Å². The molecule has 1 aromatic carbocycles. The third kappa shape index (κ3) is 4.29. The molecule has 4 atom stereocenters. The van der Waals surface area contributed by atoms with Crippen LogP contribution in [0.25, 0.3) is 11.2 Å². The lowest BCUT2D eigenvalue weighted by atomic mass is 10.1. The van der Waals surface area contributed by atoms with Crippen LogP contribution in [0.4, 0.5) is 11.8 Å². The minimum Gasteiger partial charge on any atom is -0.394 e. The number of carbonyl (C=O) groups is 1. The number of nitrogens with zero attached hydrogens (tertiary/aromatic N) is 5. The van der Waals surface area contributed by atoms with Crippen LogP contribution >= 0.6 is 0 Å². The third-order valence-corrected chi connectivity index (χ3v) is 5.05. The number of rotatable bonds is 7. The van der Waals surface area contributed by atoms with Gasteiger partial charge in [-0.3, -0.25) is 9.36 Å². The highest BCUT2D eigenvalue weighted by Crippen LogP contribution is 2.32. The molecule has 1 fully saturated rings. The van der Waals surface area contributed by atoms with Crippen LogP contribution in [-0.2, 0) is 16.0 Å². The SMILES string of the molecule is CC(=O)Cc1ccc(/C=N/Nc2nc(N)c3ncn([C@@H]4O[C@H](CO)[C@H](O)C4O)c3n2)cc1. The number of hydrogen-bond acceptors (Lipinski definition) is 11. The van der Waals surface area contributed by atoms with Crippen LogP contribution in [0.15, 0.2) is 35.7 Å². The van der Waals surface area contributed by atoms with Gasteiger partial charge in [0.15, 0.2) is 17.7 Å². The summed E-state index contributed by atoms with van der Waals surface area (Å²) in [7, 11) is 0. The van der Waals surface area contributed by atoms with Crippen LogP contribution in [0.3, 0.4) is 0 Å². The summed E-state index contributed by atoms with van der Waals surface area (Å²) in [6.07, 6.45) is -1.18. The molecule has 12 nitrogen and oxygen atoms in total. The van der Waals surface area contributed by atoms with Gasteiger partial charge in [-0.15, -0.1) is 0 Å². The van der Waals surface area contributed by atoms with Crippen molar-refractivity contribution in [2.24, 2.45) is 5.10 Å². The minimum absolute atomic E-state index is 0.0896. The highest BCUT2D eigenvalue weighted by molar-refractivity contribution is 5.84. The van der Waals surface area contributed by atoms with Gasteiger partial charge in [-0.25, -0.2) is 10.4 Å². The Morgan fingerprint density at radius 1 is 1.28 bits per heavy atom. The molecule has 0 spiro atoms. The zero-order chi connectivity index (χ0) is 22.8. The normalized spacial score (nSPS) is 23.2. The lowest BCUT2D eigenvalue weighted by Crippen LogP contribution is -2.33. The number of benzene rings is 1. The molecule has 3 aromatic rings. The predicted octanol–water partition coefficient (Wildman–Crippen LogP) is -0.402. The average Bonchev–Trinajstić information content (AvgIpc) is 3.30. The Bertz CT molecular complexity index is 1150. The Morgan fingerprint density at radius 3 is 2.69 bits per heavy atom. The second-order valence-corrected chi connectivity index (χ2v) is 7.48. The van der Waals surface area contributed by atoms with Crippen LogP contribution < -0.4 is 11.2 Å². The number of Topliss-reactive ketones (excluding diaryl/α,β-unsaturated/α-hetero) is 1. The van der Waals surface area contributed by atoms with E-state index >= 15 is 0 Å². The van der Waals surface area contributed by atoms with Gasteiger partial charge in [-0.05, 0) is 18.1 Å². The van der Waals surface area contributed by atoms with E-state index in [1.807, 2.05) is 24.3 Å². The molecule has 12 heteroatoms. The van der Waals surface area contributed by atoms with Gasteiger partial charge >= 0.3 is 0 Å². The highest BCUT2D eigenvalue weighted by Gasteiger charge is 2.44. The number of aromatic nitrogens is 4. The number of carbonyl (C=O) groups excluding carboxylic acids is 1. The molecule has 0 aliphatic carbocycles. The highest BCUT2D eigenvalue weighted by atomic mass is 16.6. The van der Waals surface area contributed by atoms with Crippen LogP contribution in [-0.4, -0.2) is 71.8 Å². The number of nitrogen functional groups attached to an aromatic ring is 1. The molecule has 1 unspecified atom stereocenters. The standard InChI is InChI=1S/C20H23N7O5/c1-10(29)6-11-2-4-12(5-3-11)7-23-26-20-24-17(21)14-18(25-20)27(9-22-14)19-16(31)15(30)13(8-28)32-19/h2-5,7,9,13,15-16,19,28,30-31H,6,8H2,1H3,(H3,21,24,25,26)/b23-7+/t13-,15+,16?,19-/m1/s1. The number of anilines is 2. The molecule has 2 aromatic heterocycles. The molecule has 0 amide bonds. The summed E-state index contributed by atoms with van der Waals surface area (Å²) in [6, 6.07) is 7.36. The van der Waals surface area contributed by atoms with E-state index < -0.39 is 31.1 Å². The molecule has 0 radical (unpaired) electrons. The van der Waals surface area contributed by atoms with E-state index in [1.165, 1.54) is 10.9 Å². The fraction of sp³-hybridized carbons (Fsp3) is 0.350. The van der Waals surface area contributed by atoms with E-state index in [0.717, 1.165) is 11.1 Å². The van der Waals surface area contributed by atoms with Gasteiger partial charge in [-0.2, -0.15) is 15.1 Å². The van der Waals surface area contributed by atoms with Crippen molar-refractivity contribution in [1.29, 1.82) is 0 Å². The van der Waals surface area contributed by atoms with Crippen molar-refractivity contribution in [3.63, 3.8) is 0 Å². The Morgan fingerprint density at radius 2 is 2.03 bits per heavy atom. The van der Waals surface area contributed by atoms with E-state index in [4.69, 9.17) is 10.5 Å². The number of hydrazone groups is 1. The summed E-state index contributed by atoms with van der Waals surface area (Å²) in [4.78, 5) is 23.8. The van der Waals surface area contributed by atoms with Crippen LogP contribution in [0.1, 0.15) is 24.3 Å². The third-order valence-electron chi connectivity index (χ3n) is 5.05. The first-order chi connectivity index (χ1) is 15.4. The molecule has 3 heterocycles. The van der Waals surface area contributed by atoms with E-state index in [-0.39, 0.29) is 23.2 Å². The van der Waals surface area contributed by atoms with Gasteiger partial charge in [0.1, 0.15) is 29.6 Å². The van der Waals surface area contributed by atoms with Gasteiger partial charge in [0.25, 0.3) is 0 Å². The first kappa shape index (κ1) is 21.8. The summed E-state index contributed by atoms with van der Waals surface area (Å²) < 4.78 is 6.96. The van der Waals surface area contributed by atoms with E-state index in [2.05, 4.69) is 25.5 Å². The number of imidazole rings is 1. The average molecular weight is 441 g/mol. The topological polar surface area (TPSA) is 181 Å². The molecule has 0 bridgehead atoms. The maximum atomic E-state index is 11.2. The number of nitrogens with one attached hydrogen (secondary N) is 1. The van der Waals surface area contributed by atoms with Crippen LogP contribution in [0, 0.1) is 0 Å². The van der Waals surface area contributed by atoms with Gasteiger partial charge in [0, 0.05) is 6.42 Å². The Kier molecular flexibility index (Phi) is 6.10. The minimum atomic E-state index is -1.29. The summed E-state index contributed by atoms with van der Waals surface area (Å²) in [6.45, 7) is 1.09. The predicted molar refractivity (Wildman–Crippen MR) is 115 cm³/mol. The van der Waals surface area contributed by atoms with Gasteiger partial charge in [0.05, 0.1) is 19.1 Å². The zero-order valence-corrected chi connectivity index (χ0v) is 17.2. The van der Waals surface area contributed by atoms with Crippen molar-refractivity contribution in [2.45, 2.75) is 37.9 Å². The molecule has 32 heavy (non-hydrogen) atoms. The van der Waals surface area contributed by atoms with Crippen molar-refractivity contribution in [3.8, 4) is 0 Å². The number of ether oxygens (including phenoxy) is 1. The molecular formula is C20H23N7O5. The van der Waals surface area contributed by atoms with E-state index in [0.29, 0.717) is 11.9 Å². The monoisotopic (exact) mass is 441 g/mol. The molecule has 6 N–H and O–H groups in total. The van der Waals surface area contributed by atoms with E-state index in [9.17, 15) is 20.1 Å². The number of aliphatic hydroxyl groups excluding tert-OH is 3. The maximum Gasteiger partial charge on any atom is 0.247 e. The van der Waals surface area contributed by atoms with Crippen molar-refractivity contribution in [2.75, 3.05) is 17.8 Å². The van der Waals surface area contributed by atoms with Crippen molar-refractivity contribution in [1.82, 2.24) is 19.5 Å². The molecule has 1 aliphatic heterocycles.